The van der Waals surface area contributed by atoms with Gasteiger partial charge in [-0.1, -0.05) is 11.6 Å². The molecule has 1 aliphatic carbocycles. The normalized spacial score (nSPS) is 26.7. The lowest BCUT2D eigenvalue weighted by atomic mass is 10.3. The zero-order valence-electron chi connectivity index (χ0n) is 7.69. The van der Waals surface area contributed by atoms with E-state index in [1.807, 2.05) is 12.1 Å². The molecule has 2 atom stereocenters. The number of pyridine rings is 1. The highest BCUT2D eigenvalue weighted by Gasteiger charge is 2.26. The van der Waals surface area contributed by atoms with Crippen molar-refractivity contribution in [2.45, 2.75) is 35.6 Å². The Hall–Kier alpha value is -0.250. The highest BCUT2D eigenvalue weighted by Crippen LogP contribution is 2.34. The van der Waals surface area contributed by atoms with E-state index in [9.17, 15) is 5.11 Å². The molecule has 1 aliphatic rings. The summed E-state index contributed by atoms with van der Waals surface area (Å²) in [4.78, 5) is 4.20. The Kier molecular flexibility index (Phi) is 3.31. The summed E-state index contributed by atoms with van der Waals surface area (Å²) in [5.41, 5.74) is 0. The van der Waals surface area contributed by atoms with Gasteiger partial charge in [-0.3, -0.25) is 0 Å². The number of aromatic nitrogens is 1. The summed E-state index contributed by atoms with van der Waals surface area (Å²) in [6.45, 7) is 0. The molecule has 0 bridgehead atoms. The van der Waals surface area contributed by atoms with Crippen molar-refractivity contribution in [2.75, 3.05) is 0 Å². The van der Waals surface area contributed by atoms with Crippen molar-refractivity contribution in [3.05, 3.63) is 23.4 Å². The maximum atomic E-state index is 9.63. The number of hydrogen-bond donors (Lipinski definition) is 1. The average molecular weight is 230 g/mol. The third kappa shape index (κ3) is 2.41. The van der Waals surface area contributed by atoms with Gasteiger partial charge in [0.25, 0.3) is 0 Å². The van der Waals surface area contributed by atoms with Gasteiger partial charge in [0.15, 0.2) is 0 Å². The van der Waals surface area contributed by atoms with E-state index < -0.39 is 0 Å². The second-order valence-electron chi connectivity index (χ2n) is 3.47. The van der Waals surface area contributed by atoms with E-state index in [-0.39, 0.29) is 6.10 Å². The van der Waals surface area contributed by atoms with Gasteiger partial charge in [0.1, 0.15) is 0 Å². The van der Waals surface area contributed by atoms with E-state index in [0.29, 0.717) is 10.3 Å². The van der Waals surface area contributed by atoms with Crippen LogP contribution in [0.4, 0.5) is 0 Å². The van der Waals surface area contributed by atoms with E-state index in [1.54, 1.807) is 18.0 Å². The third-order valence-corrected chi connectivity index (χ3v) is 3.95. The fraction of sp³-hybridized carbons (Fsp3) is 0.500. The van der Waals surface area contributed by atoms with Crippen LogP contribution in [0.2, 0.25) is 5.02 Å². The van der Waals surface area contributed by atoms with Gasteiger partial charge in [-0.25, -0.2) is 4.98 Å². The number of aliphatic hydroxyl groups excluding tert-OH is 1. The lowest BCUT2D eigenvalue weighted by Crippen LogP contribution is -2.14. The van der Waals surface area contributed by atoms with Crippen molar-refractivity contribution in [3.8, 4) is 0 Å². The number of thioether (sulfide) groups is 1. The summed E-state index contributed by atoms with van der Waals surface area (Å²) in [5.74, 6) is 0. The molecule has 2 rings (SSSR count). The first-order chi connectivity index (χ1) is 6.75. The van der Waals surface area contributed by atoms with E-state index in [1.165, 1.54) is 0 Å². The Morgan fingerprint density at radius 3 is 2.86 bits per heavy atom. The molecule has 4 heteroatoms. The molecule has 0 aliphatic heterocycles. The molecule has 2 nitrogen and oxygen atoms in total. The van der Waals surface area contributed by atoms with Gasteiger partial charge in [0.05, 0.1) is 16.2 Å². The quantitative estimate of drug-likeness (QED) is 0.847. The van der Waals surface area contributed by atoms with E-state index in [2.05, 4.69) is 4.98 Å². The van der Waals surface area contributed by atoms with Gasteiger partial charge < -0.3 is 5.11 Å². The van der Waals surface area contributed by atoms with Crippen LogP contribution in [0.5, 0.6) is 0 Å². The molecule has 76 valence electrons. The zero-order valence-corrected chi connectivity index (χ0v) is 9.26. The Morgan fingerprint density at radius 1 is 1.43 bits per heavy atom. The van der Waals surface area contributed by atoms with Crippen LogP contribution in [0.15, 0.2) is 23.4 Å². The first kappa shape index (κ1) is 10.3. The first-order valence-electron chi connectivity index (χ1n) is 4.72. The predicted molar refractivity (Wildman–Crippen MR) is 58.7 cm³/mol. The van der Waals surface area contributed by atoms with Gasteiger partial charge in [-0.05, 0) is 31.4 Å². The number of hydrogen-bond acceptors (Lipinski definition) is 3. The SMILES string of the molecule is O[C@H]1CCC[C@@H]1Sc1ccc(Cl)cn1. The number of rotatable bonds is 2. The maximum Gasteiger partial charge on any atom is 0.0964 e. The number of aliphatic hydroxyl groups is 1. The standard InChI is InChI=1S/C10H12ClNOS/c11-7-4-5-10(12-6-7)14-9-3-1-2-8(9)13/h4-6,8-9,13H,1-3H2/t8-,9-/m0/s1. The summed E-state index contributed by atoms with van der Waals surface area (Å²) >= 11 is 7.38. The second kappa shape index (κ2) is 4.51. The summed E-state index contributed by atoms with van der Waals surface area (Å²) in [7, 11) is 0. The molecule has 0 unspecified atom stereocenters. The van der Waals surface area contributed by atoms with Crippen LogP contribution < -0.4 is 0 Å². The van der Waals surface area contributed by atoms with Crippen LogP contribution in [-0.2, 0) is 0 Å². The lowest BCUT2D eigenvalue weighted by Gasteiger charge is -2.12. The highest BCUT2D eigenvalue weighted by atomic mass is 35.5. The highest BCUT2D eigenvalue weighted by molar-refractivity contribution is 7.99. The minimum atomic E-state index is -0.169. The van der Waals surface area contributed by atoms with E-state index >= 15 is 0 Å². The van der Waals surface area contributed by atoms with Gasteiger partial charge >= 0.3 is 0 Å². The fourth-order valence-corrected chi connectivity index (χ4v) is 2.89. The Balaban J connectivity index is 2.00. The number of nitrogens with zero attached hydrogens (tertiary/aromatic N) is 1. The Bertz CT molecular complexity index is 303. The van der Waals surface area contributed by atoms with E-state index in [4.69, 9.17) is 11.6 Å². The van der Waals surface area contributed by atoms with Crippen LogP contribution in [-0.4, -0.2) is 21.4 Å². The molecular formula is C10H12ClNOS. The van der Waals surface area contributed by atoms with Gasteiger partial charge in [-0.15, -0.1) is 11.8 Å². The van der Waals surface area contributed by atoms with Crippen LogP contribution in [0.1, 0.15) is 19.3 Å². The van der Waals surface area contributed by atoms with Gasteiger partial charge in [0.2, 0.25) is 0 Å². The van der Waals surface area contributed by atoms with Crippen molar-refractivity contribution >= 4 is 23.4 Å². The molecule has 1 aromatic rings. The monoisotopic (exact) mass is 229 g/mol. The van der Waals surface area contributed by atoms with Crippen molar-refractivity contribution in [3.63, 3.8) is 0 Å². The van der Waals surface area contributed by atoms with Crippen LogP contribution >= 0.6 is 23.4 Å². The van der Waals surface area contributed by atoms with Crippen molar-refractivity contribution in [1.82, 2.24) is 4.98 Å². The molecule has 0 amide bonds. The summed E-state index contributed by atoms with van der Waals surface area (Å²) in [6, 6.07) is 3.73. The predicted octanol–water partition coefficient (Wildman–Crippen LogP) is 2.74. The largest absolute Gasteiger partial charge is 0.392 e. The average Bonchev–Trinajstić information content (AvgIpc) is 2.56. The Labute approximate surface area is 92.7 Å². The van der Waals surface area contributed by atoms with Crippen LogP contribution in [0, 0.1) is 0 Å². The lowest BCUT2D eigenvalue weighted by molar-refractivity contribution is 0.188. The molecule has 0 spiro atoms. The first-order valence-corrected chi connectivity index (χ1v) is 5.98. The van der Waals surface area contributed by atoms with Crippen LogP contribution in [0.3, 0.4) is 0 Å². The van der Waals surface area contributed by atoms with Crippen molar-refractivity contribution in [1.29, 1.82) is 0 Å². The van der Waals surface area contributed by atoms with Crippen LogP contribution in [0.25, 0.3) is 0 Å². The summed E-state index contributed by atoms with van der Waals surface area (Å²) < 4.78 is 0. The minimum Gasteiger partial charge on any atom is -0.392 e. The molecule has 1 N–H and O–H groups in total. The molecule has 1 saturated carbocycles. The maximum absolute atomic E-state index is 9.63. The second-order valence-corrected chi connectivity index (χ2v) is 5.17. The fourth-order valence-electron chi connectivity index (χ4n) is 1.63. The number of halogens is 1. The minimum absolute atomic E-state index is 0.169. The van der Waals surface area contributed by atoms with Gasteiger partial charge in [0, 0.05) is 11.4 Å². The Morgan fingerprint density at radius 2 is 2.29 bits per heavy atom. The molecule has 1 heterocycles. The molecule has 1 fully saturated rings. The van der Waals surface area contributed by atoms with Gasteiger partial charge in [-0.2, -0.15) is 0 Å². The molecule has 0 radical (unpaired) electrons. The topological polar surface area (TPSA) is 33.1 Å². The van der Waals surface area contributed by atoms with Crippen molar-refractivity contribution < 1.29 is 5.11 Å². The van der Waals surface area contributed by atoms with E-state index in [0.717, 1.165) is 24.3 Å². The smallest absolute Gasteiger partial charge is 0.0964 e. The third-order valence-electron chi connectivity index (χ3n) is 2.39. The molecule has 14 heavy (non-hydrogen) atoms. The van der Waals surface area contributed by atoms with Crippen molar-refractivity contribution in [2.24, 2.45) is 0 Å². The summed E-state index contributed by atoms with van der Waals surface area (Å²) in [6.07, 6.45) is 4.59. The zero-order chi connectivity index (χ0) is 9.97. The summed E-state index contributed by atoms with van der Waals surface area (Å²) in [5, 5.41) is 11.5. The molecular weight excluding hydrogens is 218 g/mol. The molecule has 1 aromatic heterocycles. The molecule has 0 saturated heterocycles. The molecule has 0 aromatic carbocycles.